The molecule has 0 saturated heterocycles. The lowest BCUT2D eigenvalue weighted by molar-refractivity contribution is -0.159. The molecule has 0 atom stereocenters. The van der Waals surface area contributed by atoms with Gasteiger partial charge < -0.3 is 15.2 Å². The summed E-state index contributed by atoms with van der Waals surface area (Å²) in [4.78, 5) is 47.5. The molecule has 9 heteroatoms. The number of likely N-dealkylation sites (N-methyl/N-ethyl adjacent to an activating group) is 1. The van der Waals surface area contributed by atoms with Crippen molar-refractivity contribution < 1.29 is 29.4 Å². The number of aromatic amines is 1. The molecule has 156 valence electrons. The largest absolute Gasteiger partial charge is 0.473 e. The number of hydrogen-bond acceptors (Lipinski definition) is 5. The molecule has 3 N–H and O–H groups in total. The van der Waals surface area contributed by atoms with Crippen molar-refractivity contribution in [2.75, 3.05) is 13.6 Å². The van der Waals surface area contributed by atoms with Crippen LogP contribution in [0, 0.1) is 13.8 Å². The number of rotatable bonds is 6. The summed E-state index contributed by atoms with van der Waals surface area (Å²) in [6, 6.07) is 7.96. The number of ketones is 2. The standard InChI is InChI=1S/C18H21BrN2O2.C2H2O4/c1-11-17(13(3)22)12(2)20-18(11)16(23)10-21(4)9-14-7-5-6-8-15(14)19;3-1(4)2(5)6/h5-8,20H,9-10H2,1-4H3;(H,3,4)(H,5,6). The Hall–Kier alpha value is -2.78. The number of halogens is 1. The minimum absolute atomic E-state index is 0.00680. The van der Waals surface area contributed by atoms with Crippen LogP contribution in [0.1, 0.15) is 44.6 Å². The van der Waals surface area contributed by atoms with E-state index in [0.29, 0.717) is 24.3 Å². The fourth-order valence-electron chi connectivity index (χ4n) is 2.85. The van der Waals surface area contributed by atoms with E-state index in [-0.39, 0.29) is 11.6 Å². The van der Waals surface area contributed by atoms with Gasteiger partial charge in [-0.15, -0.1) is 0 Å². The summed E-state index contributed by atoms with van der Waals surface area (Å²) in [5.41, 5.74) is 3.79. The first-order valence-electron chi connectivity index (χ1n) is 8.57. The topological polar surface area (TPSA) is 128 Å². The molecule has 2 aromatic rings. The molecule has 0 aliphatic heterocycles. The molecule has 0 unspecified atom stereocenters. The molecule has 0 bridgehead atoms. The number of aromatic nitrogens is 1. The third kappa shape index (κ3) is 6.95. The normalized spacial score (nSPS) is 10.3. The Kier molecular flexibility index (Phi) is 8.93. The number of carbonyl (C=O) groups excluding carboxylic acids is 2. The Morgan fingerprint density at radius 3 is 2.07 bits per heavy atom. The summed E-state index contributed by atoms with van der Waals surface area (Å²) in [5, 5.41) is 14.8. The van der Waals surface area contributed by atoms with Crippen LogP contribution in [0.15, 0.2) is 28.7 Å². The van der Waals surface area contributed by atoms with Gasteiger partial charge in [0.25, 0.3) is 0 Å². The van der Waals surface area contributed by atoms with Crippen LogP contribution in [0.4, 0.5) is 0 Å². The number of aliphatic carboxylic acids is 2. The number of nitrogens with one attached hydrogen (secondary N) is 1. The van der Waals surface area contributed by atoms with E-state index in [4.69, 9.17) is 19.8 Å². The molecule has 0 fully saturated rings. The summed E-state index contributed by atoms with van der Waals surface area (Å²) < 4.78 is 1.03. The molecule has 0 saturated carbocycles. The van der Waals surface area contributed by atoms with Crippen LogP contribution in [-0.4, -0.2) is 57.2 Å². The van der Waals surface area contributed by atoms with Gasteiger partial charge in [-0.25, -0.2) is 9.59 Å². The summed E-state index contributed by atoms with van der Waals surface area (Å²) in [6.45, 7) is 6.13. The zero-order chi connectivity index (χ0) is 22.3. The number of hydrogen-bond donors (Lipinski definition) is 3. The monoisotopic (exact) mass is 466 g/mol. The highest BCUT2D eigenvalue weighted by atomic mass is 79.9. The van der Waals surface area contributed by atoms with Crippen molar-refractivity contribution in [3.05, 3.63) is 56.8 Å². The van der Waals surface area contributed by atoms with E-state index in [1.54, 1.807) is 0 Å². The molecule has 0 amide bonds. The quantitative estimate of drug-likeness (QED) is 0.440. The zero-order valence-electron chi connectivity index (χ0n) is 16.6. The van der Waals surface area contributed by atoms with Gasteiger partial charge in [0.1, 0.15) is 0 Å². The molecule has 1 heterocycles. The molecular weight excluding hydrogens is 444 g/mol. The van der Waals surface area contributed by atoms with E-state index in [0.717, 1.165) is 21.3 Å². The molecule has 0 spiro atoms. The van der Waals surface area contributed by atoms with Gasteiger partial charge in [-0.3, -0.25) is 14.5 Å². The van der Waals surface area contributed by atoms with Crippen molar-refractivity contribution in [1.82, 2.24) is 9.88 Å². The lowest BCUT2D eigenvalue weighted by atomic mass is 10.1. The molecule has 1 aromatic heterocycles. The van der Waals surface area contributed by atoms with Crippen LogP contribution in [0.3, 0.4) is 0 Å². The highest BCUT2D eigenvalue weighted by Gasteiger charge is 2.20. The Labute approximate surface area is 176 Å². The number of Topliss-reactive ketones (excluding diaryl/α,β-unsaturated/α-hetero) is 2. The minimum atomic E-state index is -1.82. The van der Waals surface area contributed by atoms with Gasteiger partial charge in [0.15, 0.2) is 11.6 Å². The van der Waals surface area contributed by atoms with Crippen molar-refractivity contribution in [3.8, 4) is 0 Å². The average Bonchev–Trinajstić information content (AvgIpc) is 2.92. The molecular formula is C20H23BrN2O6. The van der Waals surface area contributed by atoms with Gasteiger partial charge in [0, 0.05) is 22.3 Å². The van der Waals surface area contributed by atoms with Crippen LogP contribution in [0.25, 0.3) is 0 Å². The van der Waals surface area contributed by atoms with E-state index in [1.807, 2.05) is 50.1 Å². The van der Waals surface area contributed by atoms with Crippen molar-refractivity contribution >= 4 is 39.4 Å². The van der Waals surface area contributed by atoms with E-state index in [1.165, 1.54) is 6.92 Å². The maximum atomic E-state index is 12.5. The van der Waals surface area contributed by atoms with E-state index in [9.17, 15) is 9.59 Å². The Balaban J connectivity index is 0.000000612. The molecule has 0 aliphatic rings. The number of benzene rings is 1. The first kappa shape index (κ1) is 24.3. The Morgan fingerprint density at radius 1 is 1.07 bits per heavy atom. The molecule has 0 aliphatic carbocycles. The van der Waals surface area contributed by atoms with Gasteiger partial charge in [0.05, 0.1) is 12.2 Å². The van der Waals surface area contributed by atoms with E-state index >= 15 is 0 Å². The fourth-order valence-corrected chi connectivity index (χ4v) is 3.26. The van der Waals surface area contributed by atoms with Gasteiger partial charge in [-0.05, 0) is 45.0 Å². The second kappa shape index (κ2) is 10.7. The molecule has 1 aromatic carbocycles. The molecule has 29 heavy (non-hydrogen) atoms. The van der Waals surface area contributed by atoms with E-state index in [2.05, 4.69) is 20.9 Å². The maximum Gasteiger partial charge on any atom is 0.414 e. The Bertz CT molecular complexity index is 923. The van der Waals surface area contributed by atoms with Crippen molar-refractivity contribution in [1.29, 1.82) is 0 Å². The Morgan fingerprint density at radius 2 is 1.62 bits per heavy atom. The number of carboxylic acids is 2. The lowest BCUT2D eigenvalue weighted by Gasteiger charge is -2.16. The summed E-state index contributed by atoms with van der Waals surface area (Å²) >= 11 is 3.52. The van der Waals surface area contributed by atoms with Gasteiger partial charge in [-0.1, -0.05) is 34.1 Å². The highest BCUT2D eigenvalue weighted by Crippen LogP contribution is 2.20. The second-order valence-corrected chi connectivity index (χ2v) is 7.33. The van der Waals surface area contributed by atoms with Crippen molar-refractivity contribution in [2.45, 2.75) is 27.3 Å². The zero-order valence-corrected chi connectivity index (χ0v) is 18.2. The van der Waals surface area contributed by atoms with Gasteiger partial charge >= 0.3 is 11.9 Å². The van der Waals surface area contributed by atoms with Crippen LogP contribution in [0.2, 0.25) is 0 Å². The first-order chi connectivity index (χ1) is 13.5. The molecule has 8 nitrogen and oxygen atoms in total. The van der Waals surface area contributed by atoms with E-state index < -0.39 is 11.9 Å². The van der Waals surface area contributed by atoms with Crippen LogP contribution in [-0.2, 0) is 16.1 Å². The lowest BCUT2D eigenvalue weighted by Crippen LogP contribution is -2.26. The molecule has 2 rings (SSSR count). The van der Waals surface area contributed by atoms with Gasteiger partial charge in [-0.2, -0.15) is 0 Å². The first-order valence-corrected chi connectivity index (χ1v) is 9.36. The molecule has 0 radical (unpaired) electrons. The average molecular weight is 467 g/mol. The van der Waals surface area contributed by atoms with Gasteiger partial charge in [0.2, 0.25) is 0 Å². The number of nitrogens with zero attached hydrogens (tertiary/aromatic N) is 1. The van der Waals surface area contributed by atoms with Crippen molar-refractivity contribution in [2.24, 2.45) is 0 Å². The second-order valence-electron chi connectivity index (χ2n) is 6.48. The van der Waals surface area contributed by atoms with Crippen LogP contribution in [0.5, 0.6) is 0 Å². The smallest absolute Gasteiger partial charge is 0.414 e. The summed E-state index contributed by atoms with van der Waals surface area (Å²) in [5.74, 6) is -3.67. The fraction of sp³-hybridized carbons (Fsp3) is 0.300. The minimum Gasteiger partial charge on any atom is -0.473 e. The predicted octanol–water partition coefficient (Wildman–Crippen LogP) is 3.07. The third-order valence-corrected chi connectivity index (χ3v) is 4.84. The van der Waals surface area contributed by atoms with Crippen LogP contribution >= 0.6 is 15.9 Å². The van der Waals surface area contributed by atoms with Crippen LogP contribution < -0.4 is 0 Å². The summed E-state index contributed by atoms with van der Waals surface area (Å²) in [7, 11) is 1.91. The highest BCUT2D eigenvalue weighted by molar-refractivity contribution is 9.10. The third-order valence-electron chi connectivity index (χ3n) is 4.06. The number of carboxylic acid groups (broad SMARTS) is 2. The number of H-pyrrole nitrogens is 1. The number of aryl methyl sites for hydroxylation is 1. The maximum absolute atomic E-state index is 12.5. The van der Waals surface area contributed by atoms with Crippen molar-refractivity contribution in [3.63, 3.8) is 0 Å². The summed E-state index contributed by atoms with van der Waals surface area (Å²) in [6.07, 6.45) is 0. The predicted molar refractivity (Wildman–Crippen MR) is 110 cm³/mol. The number of carbonyl (C=O) groups is 4. The SMILES string of the molecule is CC(=O)c1c(C)[nH]c(C(=O)CN(C)Cc2ccccc2Br)c1C.O=C(O)C(=O)O.